The Morgan fingerprint density at radius 2 is 1.91 bits per heavy atom. The molecule has 1 amide bonds. The molecule has 0 bridgehead atoms. The highest BCUT2D eigenvalue weighted by molar-refractivity contribution is 6.31. The number of rotatable bonds is 3. The van der Waals surface area contributed by atoms with Crippen molar-refractivity contribution in [2.75, 3.05) is 5.32 Å². The average Bonchev–Trinajstić information content (AvgIpc) is 3.06. The standard InChI is InChI=1S/C17H15ClN4O/c18-14-4-2-1-3-13(14)15-9-16(22-21-15)17(23)20-12-7-5-11(10-19)6-8-12/h1-8,15-16,21-22H,9H2,(H,20,23). The molecule has 2 unspecified atom stereocenters. The molecule has 6 heteroatoms. The van der Waals surface area contributed by atoms with E-state index in [2.05, 4.69) is 16.2 Å². The van der Waals surface area contributed by atoms with Crippen LogP contribution in [-0.4, -0.2) is 11.9 Å². The molecule has 1 aliphatic heterocycles. The molecule has 23 heavy (non-hydrogen) atoms. The zero-order valence-corrected chi connectivity index (χ0v) is 13.0. The maximum Gasteiger partial charge on any atom is 0.242 e. The van der Waals surface area contributed by atoms with Gasteiger partial charge in [-0.15, -0.1) is 0 Å². The number of amides is 1. The molecule has 2 atom stereocenters. The molecule has 1 heterocycles. The molecule has 116 valence electrons. The van der Waals surface area contributed by atoms with E-state index in [0.717, 1.165) is 5.56 Å². The number of hydrogen-bond donors (Lipinski definition) is 3. The SMILES string of the molecule is N#Cc1ccc(NC(=O)C2CC(c3ccccc3Cl)NN2)cc1. The van der Waals surface area contributed by atoms with E-state index in [4.69, 9.17) is 16.9 Å². The number of halogens is 1. The summed E-state index contributed by atoms with van der Waals surface area (Å²) in [5.41, 5.74) is 8.30. The molecule has 0 aromatic heterocycles. The van der Waals surface area contributed by atoms with Gasteiger partial charge in [-0.25, -0.2) is 10.9 Å². The lowest BCUT2D eigenvalue weighted by atomic mass is 10.0. The van der Waals surface area contributed by atoms with Crippen molar-refractivity contribution in [1.29, 1.82) is 5.26 Å². The fourth-order valence-corrected chi connectivity index (χ4v) is 2.81. The lowest BCUT2D eigenvalue weighted by molar-refractivity contribution is -0.117. The van der Waals surface area contributed by atoms with E-state index in [9.17, 15) is 4.79 Å². The van der Waals surface area contributed by atoms with Gasteiger partial charge in [0.25, 0.3) is 0 Å². The number of carbonyl (C=O) groups excluding carboxylic acids is 1. The number of nitrogens with zero attached hydrogens (tertiary/aromatic N) is 1. The van der Waals surface area contributed by atoms with E-state index < -0.39 is 0 Å². The zero-order chi connectivity index (χ0) is 16.2. The highest BCUT2D eigenvalue weighted by Gasteiger charge is 2.31. The predicted molar refractivity (Wildman–Crippen MR) is 88.7 cm³/mol. The minimum Gasteiger partial charge on any atom is -0.325 e. The van der Waals surface area contributed by atoms with Gasteiger partial charge in [-0.05, 0) is 42.3 Å². The van der Waals surface area contributed by atoms with Crippen molar-refractivity contribution in [3.63, 3.8) is 0 Å². The largest absolute Gasteiger partial charge is 0.325 e. The van der Waals surface area contributed by atoms with Crippen LogP contribution in [-0.2, 0) is 4.79 Å². The molecule has 3 N–H and O–H groups in total. The molecule has 1 saturated heterocycles. The third-order valence-corrected chi connectivity index (χ3v) is 4.13. The summed E-state index contributed by atoms with van der Waals surface area (Å²) in [7, 11) is 0. The Kier molecular flexibility index (Phi) is 4.58. The smallest absolute Gasteiger partial charge is 0.242 e. The topological polar surface area (TPSA) is 77.0 Å². The second-order valence-corrected chi connectivity index (χ2v) is 5.74. The van der Waals surface area contributed by atoms with Crippen LogP contribution >= 0.6 is 11.6 Å². The number of hydrazine groups is 1. The third-order valence-electron chi connectivity index (χ3n) is 3.78. The van der Waals surface area contributed by atoms with Crippen LogP contribution in [0.25, 0.3) is 0 Å². The summed E-state index contributed by atoms with van der Waals surface area (Å²) in [6, 6.07) is 16.0. The minimum absolute atomic E-state index is 0.0135. The van der Waals surface area contributed by atoms with E-state index in [1.54, 1.807) is 24.3 Å². The molecular formula is C17H15ClN4O. The van der Waals surface area contributed by atoms with E-state index in [-0.39, 0.29) is 18.0 Å². The van der Waals surface area contributed by atoms with E-state index >= 15 is 0 Å². The van der Waals surface area contributed by atoms with Crippen molar-refractivity contribution in [3.8, 4) is 6.07 Å². The Morgan fingerprint density at radius 1 is 1.17 bits per heavy atom. The molecule has 2 aromatic carbocycles. The summed E-state index contributed by atoms with van der Waals surface area (Å²) in [6.07, 6.45) is 0.603. The highest BCUT2D eigenvalue weighted by Crippen LogP contribution is 2.28. The summed E-state index contributed by atoms with van der Waals surface area (Å²) in [5, 5.41) is 12.3. The van der Waals surface area contributed by atoms with Crippen LogP contribution in [0.5, 0.6) is 0 Å². The summed E-state index contributed by atoms with van der Waals surface area (Å²) in [4.78, 5) is 12.3. The number of nitrogens with one attached hydrogen (secondary N) is 3. The van der Waals surface area contributed by atoms with Crippen LogP contribution in [0, 0.1) is 11.3 Å². The first kappa shape index (κ1) is 15.5. The van der Waals surface area contributed by atoms with Crippen molar-refractivity contribution < 1.29 is 4.79 Å². The normalized spacial score (nSPS) is 20.0. The maximum atomic E-state index is 12.3. The van der Waals surface area contributed by atoms with Crippen molar-refractivity contribution in [1.82, 2.24) is 10.9 Å². The molecule has 0 aliphatic carbocycles. The second kappa shape index (κ2) is 6.80. The van der Waals surface area contributed by atoms with Gasteiger partial charge in [0.05, 0.1) is 11.6 Å². The van der Waals surface area contributed by atoms with Crippen LogP contribution in [0.4, 0.5) is 5.69 Å². The first-order valence-corrected chi connectivity index (χ1v) is 7.61. The molecule has 0 spiro atoms. The Labute approximate surface area is 139 Å². The van der Waals surface area contributed by atoms with Gasteiger partial charge in [0.2, 0.25) is 5.91 Å². The molecule has 0 radical (unpaired) electrons. The summed E-state index contributed by atoms with van der Waals surface area (Å²) in [6.45, 7) is 0. The van der Waals surface area contributed by atoms with Crippen LogP contribution in [0.3, 0.4) is 0 Å². The van der Waals surface area contributed by atoms with Gasteiger partial charge in [0, 0.05) is 16.8 Å². The van der Waals surface area contributed by atoms with E-state index in [1.807, 2.05) is 30.3 Å². The maximum absolute atomic E-state index is 12.3. The zero-order valence-electron chi connectivity index (χ0n) is 12.2. The molecule has 1 aliphatic rings. The molecule has 0 saturated carbocycles. The fourth-order valence-electron chi connectivity index (χ4n) is 2.55. The number of benzene rings is 2. The van der Waals surface area contributed by atoms with Gasteiger partial charge in [-0.1, -0.05) is 29.8 Å². The quantitative estimate of drug-likeness (QED) is 0.810. The molecule has 1 fully saturated rings. The monoisotopic (exact) mass is 326 g/mol. The molecular weight excluding hydrogens is 312 g/mol. The summed E-state index contributed by atoms with van der Waals surface area (Å²) in [5.74, 6) is -0.128. The van der Waals surface area contributed by atoms with Gasteiger partial charge in [-0.3, -0.25) is 4.79 Å². The number of hydrogen-bond acceptors (Lipinski definition) is 4. The van der Waals surface area contributed by atoms with Gasteiger partial charge in [-0.2, -0.15) is 5.26 Å². The fraction of sp³-hybridized carbons (Fsp3) is 0.176. The first-order valence-electron chi connectivity index (χ1n) is 7.24. The highest BCUT2D eigenvalue weighted by atomic mass is 35.5. The van der Waals surface area contributed by atoms with Crippen LogP contribution in [0.2, 0.25) is 5.02 Å². The first-order chi connectivity index (χ1) is 11.2. The van der Waals surface area contributed by atoms with E-state index in [0.29, 0.717) is 22.7 Å². The Balaban J connectivity index is 1.63. The van der Waals surface area contributed by atoms with Crippen LogP contribution < -0.4 is 16.2 Å². The third kappa shape index (κ3) is 3.51. The second-order valence-electron chi connectivity index (χ2n) is 5.33. The summed E-state index contributed by atoms with van der Waals surface area (Å²) < 4.78 is 0. The Hall–Kier alpha value is -2.39. The molecule has 3 rings (SSSR count). The van der Waals surface area contributed by atoms with Gasteiger partial charge < -0.3 is 5.32 Å². The van der Waals surface area contributed by atoms with Crippen molar-refractivity contribution in [2.45, 2.75) is 18.5 Å². The van der Waals surface area contributed by atoms with Gasteiger partial charge >= 0.3 is 0 Å². The number of carbonyl (C=O) groups is 1. The summed E-state index contributed by atoms with van der Waals surface area (Å²) >= 11 is 6.20. The van der Waals surface area contributed by atoms with E-state index in [1.165, 1.54) is 0 Å². The average molecular weight is 327 g/mol. The lowest BCUT2D eigenvalue weighted by Crippen LogP contribution is -2.39. The Morgan fingerprint density at radius 3 is 2.61 bits per heavy atom. The van der Waals surface area contributed by atoms with Crippen LogP contribution in [0.1, 0.15) is 23.6 Å². The number of anilines is 1. The minimum atomic E-state index is -0.355. The lowest BCUT2D eigenvalue weighted by Gasteiger charge is -2.11. The number of nitriles is 1. The Bertz CT molecular complexity index is 754. The predicted octanol–water partition coefficient (Wildman–Crippen LogP) is 2.76. The van der Waals surface area contributed by atoms with Crippen molar-refractivity contribution >= 4 is 23.2 Å². The molecule has 5 nitrogen and oxygen atoms in total. The van der Waals surface area contributed by atoms with Crippen molar-refractivity contribution in [3.05, 3.63) is 64.7 Å². The molecule has 2 aromatic rings. The van der Waals surface area contributed by atoms with Crippen LogP contribution in [0.15, 0.2) is 48.5 Å². The van der Waals surface area contributed by atoms with Crippen molar-refractivity contribution in [2.24, 2.45) is 0 Å². The van der Waals surface area contributed by atoms with Gasteiger partial charge in [0.15, 0.2) is 0 Å². The van der Waals surface area contributed by atoms with Gasteiger partial charge in [0.1, 0.15) is 6.04 Å².